The van der Waals surface area contributed by atoms with Gasteiger partial charge in [-0.3, -0.25) is 15.6 Å². The van der Waals surface area contributed by atoms with Crippen molar-refractivity contribution in [2.24, 2.45) is 0 Å². The highest BCUT2D eigenvalue weighted by atomic mass is 32.1. The predicted molar refractivity (Wildman–Crippen MR) is 118 cm³/mol. The first-order chi connectivity index (χ1) is 14.0. The van der Waals surface area contributed by atoms with Gasteiger partial charge < -0.3 is 14.8 Å². The van der Waals surface area contributed by atoms with Crippen LogP contribution in [0.15, 0.2) is 66.7 Å². The number of methoxy groups -OCH3 is 1. The molecule has 150 valence electrons. The SMILES string of the molecule is COc1ccc(CNC(=S)NNC(=O)[C@@H](C)Oc2ccc3ccccc3c2)cc1. The fourth-order valence-electron chi connectivity index (χ4n) is 2.69. The minimum Gasteiger partial charge on any atom is -0.497 e. The standard InChI is InChI=1S/C22H23N3O3S/c1-15(28-20-12-9-17-5-3-4-6-18(17)13-20)21(26)24-25-22(29)23-14-16-7-10-19(27-2)11-8-16/h3-13,15H,14H2,1-2H3,(H,24,26)(H2,23,25,29)/t15-/m1/s1. The first-order valence-corrected chi connectivity index (χ1v) is 9.58. The van der Waals surface area contributed by atoms with Gasteiger partial charge >= 0.3 is 0 Å². The summed E-state index contributed by atoms with van der Waals surface area (Å²) in [5.41, 5.74) is 6.28. The van der Waals surface area contributed by atoms with E-state index in [9.17, 15) is 4.79 Å². The van der Waals surface area contributed by atoms with Crippen LogP contribution in [0.1, 0.15) is 12.5 Å². The van der Waals surface area contributed by atoms with Gasteiger partial charge in [0.2, 0.25) is 0 Å². The number of amides is 1. The second kappa shape index (κ2) is 9.75. The largest absolute Gasteiger partial charge is 0.497 e. The van der Waals surface area contributed by atoms with E-state index in [1.165, 1.54) is 0 Å². The van der Waals surface area contributed by atoms with Crippen LogP contribution in [0.25, 0.3) is 10.8 Å². The van der Waals surface area contributed by atoms with E-state index < -0.39 is 6.10 Å². The van der Waals surface area contributed by atoms with Crippen LogP contribution in [-0.2, 0) is 11.3 Å². The summed E-state index contributed by atoms with van der Waals surface area (Å²) in [5, 5.41) is 5.51. The van der Waals surface area contributed by atoms with Crippen LogP contribution in [-0.4, -0.2) is 24.2 Å². The number of benzene rings is 3. The van der Waals surface area contributed by atoms with Gasteiger partial charge in [-0.1, -0.05) is 42.5 Å². The summed E-state index contributed by atoms with van der Waals surface area (Å²) in [7, 11) is 1.62. The van der Waals surface area contributed by atoms with Crippen LogP contribution in [0.2, 0.25) is 0 Å². The zero-order chi connectivity index (χ0) is 20.6. The summed E-state index contributed by atoms with van der Waals surface area (Å²) in [6, 6.07) is 21.3. The molecule has 0 spiro atoms. The minimum absolute atomic E-state index is 0.312. The Morgan fingerprint density at radius 2 is 1.66 bits per heavy atom. The van der Waals surface area contributed by atoms with Crippen molar-refractivity contribution in [1.29, 1.82) is 0 Å². The van der Waals surface area contributed by atoms with Gasteiger partial charge in [0.15, 0.2) is 11.2 Å². The normalized spacial score (nSPS) is 11.4. The van der Waals surface area contributed by atoms with Crippen molar-refractivity contribution < 1.29 is 14.3 Å². The molecule has 0 aliphatic rings. The molecule has 6 nitrogen and oxygen atoms in total. The molecule has 0 heterocycles. The molecule has 0 aliphatic carbocycles. The summed E-state index contributed by atoms with van der Waals surface area (Å²) >= 11 is 5.19. The third-order valence-electron chi connectivity index (χ3n) is 4.31. The van der Waals surface area contributed by atoms with Crippen LogP contribution < -0.4 is 25.6 Å². The first kappa shape index (κ1) is 20.4. The van der Waals surface area contributed by atoms with E-state index in [1.807, 2.05) is 66.7 Å². The first-order valence-electron chi connectivity index (χ1n) is 9.17. The fraction of sp³-hybridized carbons (Fsp3) is 0.182. The van der Waals surface area contributed by atoms with Crippen molar-refractivity contribution in [3.63, 3.8) is 0 Å². The molecule has 0 bridgehead atoms. The zero-order valence-corrected chi connectivity index (χ0v) is 17.1. The van der Waals surface area contributed by atoms with Crippen LogP contribution in [0.4, 0.5) is 0 Å². The molecular formula is C22H23N3O3S. The molecule has 1 amide bonds. The Morgan fingerprint density at radius 3 is 2.38 bits per heavy atom. The molecule has 3 aromatic carbocycles. The molecule has 0 unspecified atom stereocenters. The van der Waals surface area contributed by atoms with Gasteiger partial charge in [-0.05, 0) is 59.7 Å². The Kier molecular flexibility index (Phi) is 6.86. The molecule has 3 aromatic rings. The number of carbonyl (C=O) groups is 1. The maximum Gasteiger partial charge on any atom is 0.279 e. The van der Waals surface area contributed by atoms with Crippen LogP contribution in [0, 0.1) is 0 Å². The predicted octanol–water partition coefficient (Wildman–Crippen LogP) is 3.31. The number of carbonyl (C=O) groups excluding carboxylic acids is 1. The molecule has 7 heteroatoms. The topological polar surface area (TPSA) is 71.6 Å². The highest BCUT2D eigenvalue weighted by Crippen LogP contribution is 2.21. The summed E-state index contributed by atoms with van der Waals surface area (Å²) < 4.78 is 10.9. The number of thiocarbonyl (C=S) groups is 1. The Bertz CT molecular complexity index is 992. The molecular weight excluding hydrogens is 386 g/mol. The van der Waals surface area contributed by atoms with Gasteiger partial charge in [-0.15, -0.1) is 0 Å². The van der Waals surface area contributed by atoms with Crippen molar-refractivity contribution in [3.8, 4) is 11.5 Å². The minimum atomic E-state index is -0.687. The number of hydrazine groups is 1. The zero-order valence-electron chi connectivity index (χ0n) is 16.3. The van der Waals surface area contributed by atoms with Crippen molar-refractivity contribution in [1.82, 2.24) is 16.2 Å². The molecule has 3 rings (SSSR count). The number of ether oxygens (including phenoxy) is 2. The van der Waals surface area contributed by atoms with Crippen molar-refractivity contribution in [2.45, 2.75) is 19.6 Å². The van der Waals surface area contributed by atoms with Crippen molar-refractivity contribution in [2.75, 3.05) is 7.11 Å². The number of nitrogens with one attached hydrogen (secondary N) is 3. The van der Waals surface area contributed by atoms with E-state index in [0.717, 1.165) is 22.1 Å². The average Bonchev–Trinajstić information content (AvgIpc) is 2.76. The number of hydrogen-bond acceptors (Lipinski definition) is 4. The molecule has 0 saturated heterocycles. The summed E-state index contributed by atoms with van der Waals surface area (Å²) in [6.45, 7) is 2.20. The third kappa shape index (κ3) is 5.83. The lowest BCUT2D eigenvalue weighted by molar-refractivity contribution is -0.127. The Balaban J connectivity index is 1.44. The molecule has 3 N–H and O–H groups in total. The molecule has 0 aromatic heterocycles. The van der Waals surface area contributed by atoms with Crippen LogP contribution >= 0.6 is 12.2 Å². The van der Waals surface area contributed by atoms with E-state index in [4.69, 9.17) is 21.7 Å². The van der Waals surface area contributed by atoms with Gasteiger partial charge in [0.1, 0.15) is 11.5 Å². The third-order valence-corrected chi connectivity index (χ3v) is 4.56. The number of fused-ring (bicyclic) bond motifs is 1. The van der Waals surface area contributed by atoms with E-state index in [1.54, 1.807) is 14.0 Å². The molecule has 0 saturated carbocycles. The summed E-state index contributed by atoms with van der Waals surface area (Å²) in [4.78, 5) is 12.3. The second-order valence-corrected chi connectivity index (χ2v) is 6.82. The van der Waals surface area contributed by atoms with Crippen LogP contribution in [0.3, 0.4) is 0 Å². The van der Waals surface area contributed by atoms with E-state index >= 15 is 0 Å². The fourth-order valence-corrected chi connectivity index (χ4v) is 2.81. The quantitative estimate of drug-likeness (QED) is 0.429. The lowest BCUT2D eigenvalue weighted by atomic mass is 10.1. The summed E-state index contributed by atoms with van der Waals surface area (Å²) in [6.07, 6.45) is -0.687. The van der Waals surface area contributed by atoms with E-state index in [2.05, 4.69) is 16.2 Å². The second-order valence-electron chi connectivity index (χ2n) is 6.41. The highest BCUT2D eigenvalue weighted by molar-refractivity contribution is 7.80. The lowest BCUT2D eigenvalue weighted by Crippen LogP contribution is -2.50. The molecule has 0 aliphatic heterocycles. The van der Waals surface area contributed by atoms with Gasteiger partial charge in [-0.25, -0.2) is 0 Å². The molecule has 0 fully saturated rings. The lowest BCUT2D eigenvalue weighted by Gasteiger charge is -2.17. The van der Waals surface area contributed by atoms with Gasteiger partial charge in [0.25, 0.3) is 5.91 Å². The van der Waals surface area contributed by atoms with Gasteiger partial charge in [-0.2, -0.15) is 0 Å². The van der Waals surface area contributed by atoms with Crippen molar-refractivity contribution >= 4 is 34.0 Å². The van der Waals surface area contributed by atoms with Crippen LogP contribution in [0.5, 0.6) is 11.5 Å². The average molecular weight is 410 g/mol. The van der Waals surface area contributed by atoms with Crippen molar-refractivity contribution in [3.05, 3.63) is 72.3 Å². The maximum atomic E-state index is 12.3. The van der Waals surface area contributed by atoms with E-state index in [-0.39, 0.29) is 5.91 Å². The Labute approximate surface area is 175 Å². The molecule has 1 atom stereocenters. The maximum absolute atomic E-state index is 12.3. The van der Waals surface area contributed by atoms with Gasteiger partial charge in [0.05, 0.1) is 7.11 Å². The number of rotatable bonds is 6. The number of hydrogen-bond donors (Lipinski definition) is 3. The molecule has 29 heavy (non-hydrogen) atoms. The Morgan fingerprint density at radius 1 is 0.966 bits per heavy atom. The Hall–Kier alpha value is -3.32. The monoisotopic (exact) mass is 409 g/mol. The molecule has 0 radical (unpaired) electrons. The summed E-state index contributed by atoms with van der Waals surface area (Å²) in [5.74, 6) is 1.10. The smallest absolute Gasteiger partial charge is 0.279 e. The van der Waals surface area contributed by atoms with E-state index in [0.29, 0.717) is 17.4 Å². The van der Waals surface area contributed by atoms with Gasteiger partial charge in [0, 0.05) is 6.54 Å². The highest BCUT2D eigenvalue weighted by Gasteiger charge is 2.15.